The van der Waals surface area contributed by atoms with E-state index in [1.54, 1.807) is 43.0 Å². The van der Waals surface area contributed by atoms with E-state index in [1.165, 1.54) is 0 Å². The van der Waals surface area contributed by atoms with Crippen molar-refractivity contribution in [3.63, 3.8) is 0 Å². The molecular weight excluding hydrogens is 409 g/mol. The third kappa shape index (κ3) is 5.32. The number of ether oxygens (including phenoxy) is 2. The highest BCUT2D eigenvalue weighted by molar-refractivity contribution is 6.30. The van der Waals surface area contributed by atoms with Gasteiger partial charge in [0.25, 0.3) is 5.91 Å². The molecule has 1 fully saturated rings. The first kappa shape index (κ1) is 21.2. The van der Waals surface area contributed by atoms with Crippen molar-refractivity contribution in [3.8, 4) is 11.6 Å². The Morgan fingerprint density at radius 2 is 1.90 bits per heavy atom. The average Bonchev–Trinajstić information content (AvgIpc) is 3.10. The lowest BCUT2D eigenvalue weighted by Crippen LogP contribution is -2.48. The number of rotatable bonds is 5. The Kier molecular flexibility index (Phi) is 5.93. The zero-order valence-corrected chi connectivity index (χ0v) is 16.6. The van der Waals surface area contributed by atoms with Crippen LogP contribution in [0.15, 0.2) is 42.6 Å². The lowest BCUT2D eigenvalue weighted by molar-refractivity contribution is -0.144. The average molecular weight is 429 g/mol. The van der Waals surface area contributed by atoms with E-state index < -0.39 is 23.4 Å². The Labute approximate surface area is 171 Å². The molecule has 0 saturated carbocycles. The predicted molar refractivity (Wildman–Crippen MR) is 101 cm³/mol. The first-order valence-electron chi connectivity index (χ1n) is 8.98. The summed E-state index contributed by atoms with van der Waals surface area (Å²) in [5.41, 5.74) is -1.96. The molecule has 0 N–H and O–H groups in total. The zero-order chi connectivity index (χ0) is 21.2. The SMILES string of the molecule is CC(C)(Oc1ccc(Cl)cc1)C(=O)N1CCC(Oc2cc(C(F)(F)F)ccn2)C1. The van der Waals surface area contributed by atoms with Crippen LogP contribution in [0, 0.1) is 0 Å². The molecule has 1 aromatic carbocycles. The maximum atomic E-state index is 12.9. The fourth-order valence-corrected chi connectivity index (χ4v) is 3.18. The van der Waals surface area contributed by atoms with E-state index >= 15 is 0 Å². The van der Waals surface area contributed by atoms with Gasteiger partial charge < -0.3 is 14.4 Å². The van der Waals surface area contributed by atoms with Crippen molar-refractivity contribution in [3.05, 3.63) is 53.2 Å². The molecular formula is C20H20ClF3N2O3. The highest BCUT2D eigenvalue weighted by Crippen LogP contribution is 2.31. The Morgan fingerprint density at radius 3 is 2.55 bits per heavy atom. The number of pyridine rings is 1. The molecule has 9 heteroatoms. The van der Waals surface area contributed by atoms with Crippen molar-refractivity contribution >= 4 is 17.5 Å². The van der Waals surface area contributed by atoms with Gasteiger partial charge in [-0.1, -0.05) is 11.6 Å². The van der Waals surface area contributed by atoms with Gasteiger partial charge in [0.05, 0.1) is 12.1 Å². The standard InChI is InChI=1S/C20H20ClF3N2O3/c1-19(2,29-15-5-3-14(21)4-6-15)18(27)26-10-8-16(12-26)28-17-11-13(7-9-25-17)20(22,23)24/h3-7,9,11,16H,8,10,12H2,1-2H3. The fraction of sp³-hybridized carbons (Fsp3) is 0.400. The van der Waals surface area contributed by atoms with Gasteiger partial charge in [0.1, 0.15) is 11.9 Å². The van der Waals surface area contributed by atoms with Crippen LogP contribution in [-0.4, -0.2) is 40.6 Å². The van der Waals surface area contributed by atoms with Gasteiger partial charge in [-0.15, -0.1) is 0 Å². The number of hydrogen-bond acceptors (Lipinski definition) is 4. The van der Waals surface area contributed by atoms with E-state index in [-0.39, 0.29) is 18.3 Å². The predicted octanol–water partition coefficient (Wildman–Crippen LogP) is 4.59. The van der Waals surface area contributed by atoms with Crippen LogP contribution in [0.3, 0.4) is 0 Å². The molecule has 3 rings (SSSR count). The van der Waals surface area contributed by atoms with Crippen molar-refractivity contribution in [1.82, 2.24) is 9.88 Å². The van der Waals surface area contributed by atoms with Crippen molar-refractivity contribution in [2.75, 3.05) is 13.1 Å². The number of halogens is 4. The molecule has 5 nitrogen and oxygen atoms in total. The third-order valence-corrected chi connectivity index (χ3v) is 4.74. The molecule has 1 aromatic heterocycles. The quantitative estimate of drug-likeness (QED) is 0.699. The maximum absolute atomic E-state index is 12.9. The molecule has 1 aliphatic heterocycles. The minimum atomic E-state index is -4.47. The summed E-state index contributed by atoms with van der Waals surface area (Å²) < 4.78 is 49.9. The molecule has 0 spiro atoms. The number of likely N-dealkylation sites (tertiary alicyclic amines) is 1. The van der Waals surface area contributed by atoms with Crippen LogP contribution in [0.5, 0.6) is 11.6 Å². The van der Waals surface area contributed by atoms with Gasteiger partial charge in [0.15, 0.2) is 5.60 Å². The van der Waals surface area contributed by atoms with Crippen molar-refractivity contribution < 1.29 is 27.4 Å². The Bertz CT molecular complexity index is 872. The summed E-state index contributed by atoms with van der Waals surface area (Å²) >= 11 is 5.85. The Hall–Kier alpha value is -2.48. The van der Waals surface area contributed by atoms with Crippen molar-refractivity contribution in [2.45, 2.75) is 38.1 Å². The lowest BCUT2D eigenvalue weighted by Gasteiger charge is -2.30. The van der Waals surface area contributed by atoms with E-state index in [9.17, 15) is 18.0 Å². The molecule has 156 valence electrons. The smallest absolute Gasteiger partial charge is 0.416 e. The second-order valence-electron chi connectivity index (χ2n) is 7.23. The highest BCUT2D eigenvalue weighted by atomic mass is 35.5. The summed E-state index contributed by atoms with van der Waals surface area (Å²) in [5, 5.41) is 0.559. The summed E-state index contributed by atoms with van der Waals surface area (Å²) in [6, 6.07) is 8.42. The van der Waals surface area contributed by atoms with Crippen LogP contribution < -0.4 is 9.47 Å². The molecule has 0 bridgehead atoms. The largest absolute Gasteiger partial charge is 0.478 e. The normalized spacial score (nSPS) is 17.3. The number of nitrogens with zero attached hydrogens (tertiary/aromatic N) is 2. The number of amides is 1. The van der Waals surface area contributed by atoms with E-state index in [2.05, 4.69) is 4.98 Å². The number of hydrogen-bond donors (Lipinski definition) is 0. The van der Waals surface area contributed by atoms with Crippen molar-refractivity contribution in [2.24, 2.45) is 0 Å². The van der Waals surface area contributed by atoms with E-state index in [4.69, 9.17) is 21.1 Å². The van der Waals surface area contributed by atoms with E-state index in [1.807, 2.05) is 0 Å². The van der Waals surface area contributed by atoms with Gasteiger partial charge in [0.2, 0.25) is 5.88 Å². The van der Waals surface area contributed by atoms with Crippen LogP contribution in [-0.2, 0) is 11.0 Å². The van der Waals surface area contributed by atoms with E-state index in [0.29, 0.717) is 23.7 Å². The number of aromatic nitrogens is 1. The molecule has 1 amide bonds. The molecule has 1 aliphatic rings. The lowest BCUT2D eigenvalue weighted by atomic mass is 10.1. The van der Waals surface area contributed by atoms with Gasteiger partial charge in [-0.2, -0.15) is 13.2 Å². The first-order valence-corrected chi connectivity index (χ1v) is 9.36. The number of carbonyl (C=O) groups is 1. The fourth-order valence-electron chi connectivity index (χ4n) is 3.05. The second-order valence-corrected chi connectivity index (χ2v) is 7.66. The highest BCUT2D eigenvalue weighted by Gasteiger charge is 2.38. The van der Waals surface area contributed by atoms with Crippen LogP contribution in [0.2, 0.25) is 5.02 Å². The Morgan fingerprint density at radius 1 is 1.21 bits per heavy atom. The molecule has 0 radical (unpaired) electrons. The van der Waals surface area contributed by atoms with E-state index in [0.717, 1.165) is 18.3 Å². The van der Waals surface area contributed by atoms with Crippen molar-refractivity contribution in [1.29, 1.82) is 0 Å². The summed E-state index contributed by atoms with van der Waals surface area (Å²) in [7, 11) is 0. The summed E-state index contributed by atoms with van der Waals surface area (Å²) in [6.45, 7) is 3.97. The van der Waals surface area contributed by atoms with Gasteiger partial charge in [-0.3, -0.25) is 4.79 Å². The Balaban J connectivity index is 1.61. The zero-order valence-electron chi connectivity index (χ0n) is 15.9. The van der Waals surface area contributed by atoms with Gasteiger partial charge in [0, 0.05) is 30.3 Å². The summed E-state index contributed by atoms with van der Waals surface area (Å²) in [4.78, 5) is 18.3. The molecule has 1 saturated heterocycles. The van der Waals surface area contributed by atoms with Gasteiger partial charge in [-0.25, -0.2) is 4.98 Å². The molecule has 0 aliphatic carbocycles. The maximum Gasteiger partial charge on any atom is 0.416 e. The monoisotopic (exact) mass is 428 g/mol. The van der Waals surface area contributed by atoms with Gasteiger partial charge in [-0.05, 0) is 44.2 Å². The molecule has 1 atom stereocenters. The number of alkyl halides is 3. The minimum absolute atomic E-state index is 0.115. The van der Waals surface area contributed by atoms with Crippen LogP contribution >= 0.6 is 11.6 Å². The molecule has 2 aromatic rings. The molecule has 29 heavy (non-hydrogen) atoms. The topological polar surface area (TPSA) is 51.7 Å². The van der Waals surface area contributed by atoms with Gasteiger partial charge >= 0.3 is 6.18 Å². The molecule has 2 heterocycles. The minimum Gasteiger partial charge on any atom is -0.478 e. The first-order chi connectivity index (χ1) is 13.5. The van der Waals surface area contributed by atoms with Crippen LogP contribution in [0.4, 0.5) is 13.2 Å². The summed E-state index contributed by atoms with van der Waals surface area (Å²) in [5.74, 6) is 0.152. The number of carbonyl (C=O) groups excluding carboxylic acids is 1. The summed E-state index contributed by atoms with van der Waals surface area (Å²) in [6.07, 6.45) is -3.37. The second kappa shape index (κ2) is 8.10. The third-order valence-electron chi connectivity index (χ3n) is 4.48. The van der Waals surface area contributed by atoms with Crippen LogP contribution in [0.25, 0.3) is 0 Å². The van der Waals surface area contributed by atoms with Crippen LogP contribution in [0.1, 0.15) is 25.8 Å². The number of benzene rings is 1. The molecule has 1 unspecified atom stereocenters.